The third-order valence-corrected chi connectivity index (χ3v) is 2.99. The van der Waals surface area contributed by atoms with Crippen LogP contribution in [-0.4, -0.2) is 61.8 Å². The van der Waals surface area contributed by atoms with E-state index in [0.717, 1.165) is 19.3 Å². The zero-order valence-electron chi connectivity index (χ0n) is 9.83. The maximum atomic E-state index is 5.19. The van der Waals surface area contributed by atoms with Gasteiger partial charge in [0, 0.05) is 26.2 Å². The van der Waals surface area contributed by atoms with Crippen LogP contribution in [0.5, 0.6) is 0 Å². The predicted molar refractivity (Wildman–Crippen MR) is 59.6 cm³/mol. The van der Waals surface area contributed by atoms with E-state index >= 15 is 0 Å². The first-order valence-corrected chi connectivity index (χ1v) is 5.94. The zero-order valence-corrected chi connectivity index (χ0v) is 9.83. The fourth-order valence-electron chi connectivity index (χ4n) is 1.88. The summed E-state index contributed by atoms with van der Waals surface area (Å²) >= 11 is 0. The predicted octanol–water partition coefficient (Wildman–Crippen LogP) is 1.05. The fourth-order valence-corrected chi connectivity index (χ4v) is 1.88. The second-order valence-electron chi connectivity index (χ2n) is 3.66. The highest BCUT2D eigenvalue weighted by atomic mass is 16.5. The van der Waals surface area contributed by atoms with E-state index in [1.54, 1.807) is 0 Å². The molecule has 2 heterocycles. The molecular formula is C11H24N2O. The van der Waals surface area contributed by atoms with Crippen LogP contribution in [0.4, 0.5) is 0 Å². The number of likely N-dealkylation sites (N-methyl/N-ethyl adjacent to an activating group) is 1. The minimum Gasteiger partial charge on any atom is -0.378 e. The molecule has 3 heteroatoms. The van der Waals surface area contributed by atoms with Crippen molar-refractivity contribution in [3.63, 3.8) is 0 Å². The van der Waals surface area contributed by atoms with Crippen LogP contribution in [0.1, 0.15) is 20.8 Å². The van der Waals surface area contributed by atoms with E-state index in [2.05, 4.69) is 16.7 Å². The summed E-state index contributed by atoms with van der Waals surface area (Å²) in [7, 11) is 0. The van der Waals surface area contributed by atoms with Gasteiger partial charge in [0.15, 0.2) is 0 Å². The quantitative estimate of drug-likeness (QED) is 0.662. The molecule has 2 saturated heterocycles. The van der Waals surface area contributed by atoms with E-state index in [9.17, 15) is 0 Å². The summed E-state index contributed by atoms with van der Waals surface area (Å²) in [5, 5.41) is 0. The molecule has 0 aliphatic carbocycles. The molecule has 0 bridgehead atoms. The molecule has 3 nitrogen and oxygen atoms in total. The molecule has 0 amide bonds. The van der Waals surface area contributed by atoms with Gasteiger partial charge in [-0.1, -0.05) is 20.8 Å². The van der Waals surface area contributed by atoms with Crippen molar-refractivity contribution in [2.45, 2.75) is 26.8 Å². The Balaban J connectivity index is 0.000000461. The van der Waals surface area contributed by atoms with Crippen LogP contribution in [-0.2, 0) is 4.74 Å². The van der Waals surface area contributed by atoms with Gasteiger partial charge in [-0.05, 0) is 6.54 Å². The van der Waals surface area contributed by atoms with Crippen LogP contribution in [0.2, 0.25) is 0 Å². The van der Waals surface area contributed by atoms with Gasteiger partial charge in [0.05, 0.1) is 19.3 Å². The van der Waals surface area contributed by atoms with Gasteiger partial charge in [0.2, 0.25) is 0 Å². The summed E-state index contributed by atoms with van der Waals surface area (Å²) in [6.45, 7) is 14.3. The lowest BCUT2D eigenvalue weighted by Gasteiger charge is -2.42. The van der Waals surface area contributed by atoms with Crippen LogP contribution < -0.4 is 0 Å². The van der Waals surface area contributed by atoms with Crippen molar-refractivity contribution in [1.82, 2.24) is 9.80 Å². The number of nitrogens with zero attached hydrogens (tertiary/aromatic N) is 2. The van der Waals surface area contributed by atoms with Crippen molar-refractivity contribution < 1.29 is 4.74 Å². The third kappa shape index (κ3) is 2.94. The van der Waals surface area contributed by atoms with Crippen LogP contribution >= 0.6 is 0 Å². The number of hydrogen-bond donors (Lipinski definition) is 0. The zero-order chi connectivity index (χ0) is 10.4. The Hall–Kier alpha value is -0.120. The van der Waals surface area contributed by atoms with Gasteiger partial charge in [-0.2, -0.15) is 0 Å². The highest BCUT2D eigenvalue weighted by Crippen LogP contribution is 2.12. The summed E-state index contributed by atoms with van der Waals surface area (Å²) in [5.41, 5.74) is 0. The normalized spacial score (nSPS) is 25.1. The van der Waals surface area contributed by atoms with Gasteiger partial charge >= 0.3 is 0 Å². The van der Waals surface area contributed by atoms with E-state index in [-0.39, 0.29) is 0 Å². The molecular weight excluding hydrogens is 176 g/mol. The standard InChI is InChI=1S/C9H18N2O.C2H6/c1-2-10-3-5-11(6-4-10)9-7-12-8-9;1-2/h9H,2-8H2,1H3;1-2H3. The second kappa shape index (κ2) is 6.38. The van der Waals surface area contributed by atoms with E-state index < -0.39 is 0 Å². The monoisotopic (exact) mass is 200 g/mol. The summed E-state index contributed by atoms with van der Waals surface area (Å²) in [5.74, 6) is 0. The molecule has 0 spiro atoms. The first kappa shape index (κ1) is 12.0. The molecule has 0 aromatic rings. The fraction of sp³-hybridized carbons (Fsp3) is 1.00. The van der Waals surface area contributed by atoms with Crippen LogP contribution in [0.15, 0.2) is 0 Å². The van der Waals surface area contributed by atoms with Crippen LogP contribution in [0, 0.1) is 0 Å². The smallest absolute Gasteiger partial charge is 0.0645 e. The second-order valence-corrected chi connectivity index (χ2v) is 3.66. The van der Waals surface area contributed by atoms with E-state index in [1.165, 1.54) is 32.7 Å². The molecule has 2 aliphatic heterocycles. The summed E-state index contributed by atoms with van der Waals surface area (Å²) in [6.07, 6.45) is 0. The molecule has 0 saturated carbocycles. The highest BCUT2D eigenvalue weighted by molar-refractivity contribution is 4.81. The van der Waals surface area contributed by atoms with Crippen molar-refractivity contribution in [2.24, 2.45) is 0 Å². The Labute approximate surface area is 88.0 Å². The molecule has 2 aliphatic rings. The first-order chi connectivity index (χ1) is 6.90. The molecule has 14 heavy (non-hydrogen) atoms. The number of hydrogen-bond acceptors (Lipinski definition) is 3. The number of rotatable bonds is 2. The molecule has 84 valence electrons. The van der Waals surface area contributed by atoms with E-state index in [1.807, 2.05) is 13.8 Å². The van der Waals surface area contributed by atoms with Gasteiger partial charge in [0.1, 0.15) is 0 Å². The highest BCUT2D eigenvalue weighted by Gasteiger charge is 2.28. The number of piperazine rings is 1. The largest absolute Gasteiger partial charge is 0.378 e. The molecule has 2 rings (SSSR count). The van der Waals surface area contributed by atoms with Gasteiger partial charge in [0.25, 0.3) is 0 Å². The Morgan fingerprint density at radius 2 is 1.64 bits per heavy atom. The topological polar surface area (TPSA) is 15.7 Å². The van der Waals surface area contributed by atoms with Crippen molar-refractivity contribution >= 4 is 0 Å². The SMILES string of the molecule is CC.CCN1CCN(C2COC2)CC1. The lowest BCUT2D eigenvalue weighted by atomic mass is 10.2. The Morgan fingerprint density at radius 1 is 1.07 bits per heavy atom. The Morgan fingerprint density at radius 3 is 2.00 bits per heavy atom. The molecule has 0 aromatic heterocycles. The maximum absolute atomic E-state index is 5.19. The lowest BCUT2D eigenvalue weighted by molar-refractivity contribution is -0.0764. The number of ether oxygens (including phenoxy) is 1. The van der Waals surface area contributed by atoms with Crippen LogP contribution in [0.3, 0.4) is 0 Å². The summed E-state index contributed by atoms with van der Waals surface area (Å²) in [6, 6.07) is 0.740. The van der Waals surface area contributed by atoms with Gasteiger partial charge in [-0.25, -0.2) is 0 Å². The minimum absolute atomic E-state index is 0.740. The van der Waals surface area contributed by atoms with Crippen molar-refractivity contribution in [3.05, 3.63) is 0 Å². The van der Waals surface area contributed by atoms with Gasteiger partial charge in [-0.15, -0.1) is 0 Å². The third-order valence-electron chi connectivity index (χ3n) is 2.99. The molecule has 0 N–H and O–H groups in total. The molecule has 0 aromatic carbocycles. The van der Waals surface area contributed by atoms with Gasteiger partial charge < -0.3 is 9.64 Å². The average Bonchev–Trinajstić information content (AvgIpc) is 2.20. The maximum Gasteiger partial charge on any atom is 0.0645 e. The average molecular weight is 200 g/mol. The van der Waals surface area contributed by atoms with Crippen molar-refractivity contribution in [1.29, 1.82) is 0 Å². The van der Waals surface area contributed by atoms with E-state index in [4.69, 9.17) is 4.74 Å². The molecule has 0 unspecified atom stereocenters. The summed E-state index contributed by atoms with van der Waals surface area (Å²) < 4.78 is 5.19. The molecule has 2 fully saturated rings. The van der Waals surface area contributed by atoms with Gasteiger partial charge in [-0.3, -0.25) is 4.90 Å². The molecule has 0 radical (unpaired) electrons. The van der Waals surface area contributed by atoms with E-state index in [0.29, 0.717) is 0 Å². The Kier molecular flexibility index (Phi) is 5.45. The van der Waals surface area contributed by atoms with Crippen molar-refractivity contribution in [3.8, 4) is 0 Å². The first-order valence-electron chi connectivity index (χ1n) is 5.94. The Bertz CT molecular complexity index is 140. The van der Waals surface area contributed by atoms with Crippen molar-refractivity contribution in [2.75, 3.05) is 45.9 Å². The summed E-state index contributed by atoms with van der Waals surface area (Å²) in [4.78, 5) is 5.08. The van der Waals surface area contributed by atoms with Crippen LogP contribution in [0.25, 0.3) is 0 Å². The minimum atomic E-state index is 0.740. The molecule has 0 atom stereocenters. The lowest BCUT2D eigenvalue weighted by Crippen LogP contribution is -2.56.